The Bertz CT molecular complexity index is 625. The van der Waals surface area contributed by atoms with E-state index in [0.29, 0.717) is 5.56 Å². The number of nitrogens with one attached hydrogen (secondary N) is 1. The number of aliphatic hydroxyl groups excluding tert-OH is 2. The Balaban J connectivity index is 2.23. The molecule has 1 atom stereocenters. The van der Waals surface area contributed by atoms with Gasteiger partial charge in [-0.05, 0) is 23.8 Å². The molecule has 0 saturated carbocycles. The minimum atomic E-state index is -0.810. The van der Waals surface area contributed by atoms with Crippen molar-refractivity contribution in [3.05, 3.63) is 54.1 Å². The molecule has 2 rings (SSSR count). The van der Waals surface area contributed by atoms with Gasteiger partial charge in [-0.2, -0.15) is 0 Å². The van der Waals surface area contributed by atoms with Crippen molar-refractivity contribution in [3.63, 3.8) is 0 Å². The Hall–Kier alpha value is -2.37. The van der Waals surface area contributed by atoms with Crippen molar-refractivity contribution in [3.8, 4) is 11.1 Å². The van der Waals surface area contributed by atoms with E-state index < -0.39 is 6.10 Å². The highest BCUT2D eigenvalue weighted by Crippen LogP contribution is 2.28. The lowest BCUT2D eigenvalue weighted by Crippen LogP contribution is -2.23. The predicted molar refractivity (Wildman–Crippen MR) is 84.8 cm³/mol. The molecule has 0 bridgehead atoms. The standard InChI is InChI=1S/C17H19NO4/c1-22-17(21)13-8-6-12(7-9-13)15-4-2-3-5-16(15)18-10-14(20)11-19/h2-9,14,18-20H,10-11H2,1H3. The van der Waals surface area contributed by atoms with Gasteiger partial charge in [0, 0.05) is 17.8 Å². The smallest absolute Gasteiger partial charge is 0.337 e. The summed E-state index contributed by atoms with van der Waals surface area (Å²) in [4.78, 5) is 11.5. The van der Waals surface area contributed by atoms with E-state index in [2.05, 4.69) is 10.1 Å². The molecular weight excluding hydrogens is 282 g/mol. The second-order valence-electron chi connectivity index (χ2n) is 4.83. The molecule has 2 aromatic carbocycles. The first kappa shape index (κ1) is 16.0. The summed E-state index contributed by atoms with van der Waals surface area (Å²) in [6.45, 7) is -0.0310. The van der Waals surface area contributed by atoms with Crippen molar-refractivity contribution in [1.82, 2.24) is 0 Å². The molecule has 5 nitrogen and oxygen atoms in total. The monoisotopic (exact) mass is 301 g/mol. The van der Waals surface area contributed by atoms with E-state index in [9.17, 15) is 9.90 Å². The van der Waals surface area contributed by atoms with Crippen molar-refractivity contribution in [2.75, 3.05) is 25.6 Å². The number of esters is 1. The first-order chi connectivity index (χ1) is 10.7. The topological polar surface area (TPSA) is 78.8 Å². The van der Waals surface area contributed by atoms with Crippen LogP contribution >= 0.6 is 0 Å². The van der Waals surface area contributed by atoms with Crippen LogP contribution in [0.4, 0.5) is 5.69 Å². The molecule has 0 fully saturated rings. The number of para-hydroxylation sites is 1. The summed E-state index contributed by atoms with van der Waals surface area (Å²) < 4.78 is 4.68. The summed E-state index contributed by atoms with van der Waals surface area (Å²) in [5.74, 6) is -0.371. The molecule has 0 aliphatic carbocycles. The van der Waals surface area contributed by atoms with E-state index >= 15 is 0 Å². The molecular formula is C17H19NO4. The van der Waals surface area contributed by atoms with Crippen LogP contribution in [0.15, 0.2) is 48.5 Å². The fourth-order valence-electron chi connectivity index (χ4n) is 2.09. The van der Waals surface area contributed by atoms with Crippen LogP contribution in [-0.2, 0) is 4.74 Å². The maximum Gasteiger partial charge on any atom is 0.337 e. The van der Waals surface area contributed by atoms with Gasteiger partial charge in [-0.25, -0.2) is 4.79 Å². The number of ether oxygens (including phenoxy) is 1. The number of rotatable bonds is 6. The molecule has 22 heavy (non-hydrogen) atoms. The number of hydrogen-bond donors (Lipinski definition) is 3. The molecule has 116 valence electrons. The average Bonchev–Trinajstić information content (AvgIpc) is 2.59. The maximum absolute atomic E-state index is 11.5. The average molecular weight is 301 g/mol. The highest BCUT2D eigenvalue weighted by Gasteiger charge is 2.09. The van der Waals surface area contributed by atoms with E-state index in [1.54, 1.807) is 12.1 Å². The van der Waals surface area contributed by atoms with E-state index in [-0.39, 0.29) is 19.1 Å². The van der Waals surface area contributed by atoms with Crippen LogP contribution in [0.3, 0.4) is 0 Å². The quantitative estimate of drug-likeness (QED) is 0.710. The van der Waals surface area contributed by atoms with Gasteiger partial charge in [0.1, 0.15) is 0 Å². The highest BCUT2D eigenvalue weighted by atomic mass is 16.5. The first-order valence-corrected chi connectivity index (χ1v) is 6.96. The molecule has 0 aliphatic rings. The van der Waals surface area contributed by atoms with Crippen molar-refractivity contribution >= 4 is 11.7 Å². The molecule has 2 aromatic rings. The van der Waals surface area contributed by atoms with Crippen LogP contribution in [-0.4, -0.2) is 42.5 Å². The summed E-state index contributed by atoms with van der Waals surface area (Å²) in [6.07, 6.45) is -0.810. The third-order valence-electron chi connectivity index (χ3n) is 3.28. The molecule has 0 radical (unpaired) electrons. The number of anilines is 1. The van der Waals surface area contributed by atoms with Crippen LogP contribution in [0.1, 0.15) is 10.4 Å². The number of aliphatic hydroxyl groups is 2. The summed E-state index contributed by atoms with van der Waals surface area (Å²) >= 11 is 0. The predicted octanol–water partition coefficient (Wildman–Crippen LogP) is 1.91. The molecule has 3 N–H and O–H groups in total. The second-order valence-corrected chi connectivity index (χ2v) is 4.83. The maximum atomic E-state index is 11.5. The van der Waals surface area contributed by atoms with Gasteiger partial charge in [0.05, 0.1) is 25.4 Å². The van der Waals surface area contributed by atoms with Gasteiger partial charge in [-0.1, -0.05) is 30.3 Å². The summed E-state index contributed by atoms with van der Waals surface area (Å²) in [6, 6.07) is 14.7. The lowest BCUT2D eigenvalue weighted by molar-refractivity contribution is 0.0601. The number of hydrogen-bond acceptors (Lipinski definition) is 5. The van der Waals surface area contributed by atoms with Gasteiger partial charge in [0.2, 0.25) is 0 Å². The van der Waals surface area contributed by atoms with Crippen LogP contribution in [0.25, 0.3) is 11.1 Å². The first-order valence-electron chi connectivity index (χ1n) is 6.96. The fraction of sp³-hybridized carbons (Fsp3) is 0.235. The molecule has 0 aliphatic heterocycles. The van der Waals surface area contributed by atoms with Crippen LogP contribution in [0, 0.1) is 0 Å². The van der Waals surface area contributed by atoms with E-state index in [4.69, 9.17) is 5.11 Å². The minimum absolute atomic E-state index is 0.258. The largest absolute Gasteiger partial charge is 0.465 e. The zero-order valence-corrected chi connectivity index (χ0v) is 12.3. The zero-order valence-electron chi connectivity index (χ0n) is 12.3. The molecule has 1 unspecified atom stereocenters. The van der Waals surface area contributed by atoms with Crippen molar-refractivity contribution < 1.29 is 19.7 Å². The van der Waals surface area contributed by atoms with Crippen molar-refractivity contribution in [2.24, 2.45) is 0 Å². The van der Waals surface area contributed by atoms with Gasteiger partial charge < -0.3 is 20.3 Å². The number of methoxy groups -OCH3 is 1. The SMILES string of the molecule is COC(=O)c1ccc(-c2ccccc2NCC(O)CO)cc1. The Morgan fingerprint density at radius 2 is 1.86 bits per heavy atom. The third kappa shape index (κ3) is 3.84. The van der Waals surface area contributed by atoms with Crippen molar-refractivity contribution in [1.29, 1.82) is 0 Å². The van der Waals surface area contributed by atoms with Crippen LogP contribution in [0.5, 0.6) is 0 Å². The normalized spacial score (nSPS) is 11.8. The van der Waals surface area contributed by atoms with E-state index in [0.717, 1.165) is 16.8 Å². The molecule has 0 aromatic heterocycles. The zero-order chi connectivity index (χ0) is 15.9. The molecule has 0 spiro atoms. The minimum Gasteiger partial charge on any atom is -0.465 e. The van der Waals surface area contributed by atoms with Crippen molar-refractivity contribution in [2.45, 2.75) is 6.10 Å². The van der Waals surface area contributed by atoms with Gasteiger partial charge in [0.25, 0.3) is 0 Å². The Morgan fingerprint density at radius 3 is 2.50 bits per heavy atom. The Kier molecular flexibility index (Phi) is 5.52. The van der Waals surface area contributed by atoms with Gasteiger partial charge in [-0.3, -0.25) is 0 Å². The molecule has 0 amide bonds. The van der Waals surface area contributed by atoms with Gasteiger partial charge in [-0.15, -0.1) is 0 Å². The van der Waals surface area contributed by atoms with E-state index in [1.807, 2.05) is 36.4 Å². The second kappa shape index (κ2) is 7.59. The lowest BCUT2D eigenvalue weighted by Gasteiger charge is -2.14. The van der Waals surface area contributed by atoms with E-state index in [1.165, 1.54) is 7.11 Å². The summed E-state index contributed by atoms with van der Waals surface area (Å²) in [7, 11) is 1.35. The Labute approximate surface area is 129 Å². The van der Waals surface area contributed by atoms with Gasteiger partial charge >= 0.3 is 5.97 Å². The van der Waals surface area contributed by atoms with Crippen LogP contribution in [0.2, 0.25) is 0 Å². The number of benzene rings is 2. The lowest BCUT2D eigenvalue weighted by atomic mass is 10.0. The molecule has 5 heteroatoms. The molecule has 0 saturated heterocycles. The Morgan fingerprint density at radius 1 is 1.18 bits per heavy atom. The van der Waals surface area contributed by atoms with Gasteiger partial charge in [0.15, 0.2) is 0 Å². The third-order valence-corrected chi connectivity index (χ3v) is 3.28. The van der Waals surface area contributed by atoms with Crippen LogP contribution < -0.4 is 5.32 Å². The highest BCUT2D eigenvalue weighted by molar-refractivity contribution is 5.90. The number of carbonyl (C=O) groups excluding carboxylic acids is 1. The number of carbonyl (C=O) groups is 1. The fourth-order valence-corrected chi connectivity index (χ4v) is 2.09. The summed E-state index contributed by atoms with van der Waals surface area (Å²) in [5, 5.41) is 21.4. The molecule has 0 heterocycles. The summed E-state index contributed by atoms with van der Waals surface area (Å²) in [5.41, 5.74) is 3.23.